The van der Waals surface area contributed by atoms with Crippen molar-refractivity contribution in [2.24, 2.45) is 17.3 Å². The molecule has 5 fully saturated rings. The third-order valence-electron chi connectivity index (χ3n) is 11.6. The third-order valence-corrected chi connectivity index (χ3v) is 11.6. The lowest BCUT2D eigenvalue weighted by molar-refractivity contribution is -0.275. The molecule has 40 heavy (non-hydrogen) atoms. The Kier molecular flexibility index (Phi) is 5.10. The number of amides is 1. The van der Waals surface area contributed by atoms with E-state index in [1.165, 1.54) is 43.3 Å². The summed E-state index contributed by atoms with van der Waals surface area (Å²) in [6.07, 6.45) is 10.1. The van der Waals surface area contributed by atoms with Crippen LogP contribution in [-0.2, 0) is 16.6 Å². The maximum absolute atomic E-state index is 13.3. The van der Waals surface area contributed by atoms with E-state index in [4.69, 9.17) is 9.47 Å². The smallest absolute Gasteiger partial charge is 0.272 e. The highest BCUT2D eigenvalue weighted by atomic mass is 16.6. The van der Waals surface area contributed by atoms with Crippen molar-refractivity contribution in [1.82, 2.24) is 20.2 Å². The van der Waals surface area contributed by atoms with Crippen LogP contribution in [0.5, 0.6) is 11.5 Å². The van der Waals surface area contributed by atoms with E-state index < -0.39 is 11.5 Å². The molecule has 4 saturated carbocycles. The van der Waals surface area contributed by atoms with Crippen molar-refractivity contribution in [3.63, 3.8) is 0 Å². The number of likely N-dealkylation sites (tertiary alicyclic amines) is 1. The second-order valence-electron chi connectivity index (χ2n) is 13.1. The third kappa shape index (κ3) is 2.95. The van der Waals surface area contributed by atoms with Gasteiger partial charge in [0.1, 0.15) is 17.4 Å². The van der Waals surface area contributed by atoms with E-state index in [0.717, 1.165) is 51.1 Å². The van der Waals surface area contributed by atoms with E-state index in [2.05, 4.69) is 26.3 Å². The summed E-state index contributed by atoms with van der Waals surface area (Å²) < 4.78 is 13.4. The van der Waals surface area contributed by atoms with Gasteiger partial charge in [-0.25, -0.2) is 9.97 Å². The van der Waals surface area contributed by atoms with Crippen molar-refractivity contribution in [3.8, 4) is 11.5 Å². The minimum absolute atomic E-state index is 0.00662. The summed E-state index contributed by atoms with van der Waals surface area (Å²) in [5.74, 6) is 0.995. The molecule has 1 saturated heterocycles. The van der Waals surface area contributed by atoms with Gasteiger partial charge in [-0.05, 0) is 69.0 Å². The first-order chi connectivity index (χ1) is 19.3. The van der Waals surface area contributed by atoms with E-state index in [9.17, 15) is 14.7 Å². The maximum Gasteiger partial charge on any atom is 0.272 e. The summed E-state index contributed by atoms with van der Waals surface area (Å²) in [6.45, 7) is 3.99. The van der Waals surface area contributed by atoms with Crippen LogP contribution < -0.4 is 10.1 Å². The predicted octanol–water partition coefficient (Wildman–Crippen LogP) is 3.04. The van der Waals surface area contributed by atoms with Crippen LogP contribution in [0, 0.1) is 17.3 Å². The van der Waals surface area contributed by atoms with Crippen molar-refractivity contribution in [2.75, 3.05) is 26.7 Å². The van der Waals surface area contributed by atoms with Crippen molar-refractivity contribution in [3.05, 3.63) is 47.0 Å². The number of rotatable bonds is 7. The Bertz CT molecular complexity index is 1440. The van der Waals surface area contributed by atoms with Crippen molar-refractivity contribution < 1.29 is 24.2 Å². The molecule has 210 valence electrons. The van der Waals surface area contributed by atoms with Crippen LogP contribution in [0.25, 0.3) is 0 Å². The van der Waals surface area contributed by atoms with E-state index in [1.807, 2.05) is 0 Å². The van der Waals surface area contributed by atoms with Gasteiger partial charge in [-0.2, -0.15) is 0 Å². The Balaban J connectivity index is 1.20. The zero-order chi connectivity index (χ0) is 27.4. The monoisotopic (exact) mass is 544 g/mol. The molecule has 6 atom stereocenters. The van der Waals surface area contributed by atoms with Crippen molar-refractivity contribution in [2.45, 2.75) is 75.0 Å². The summed E-state index contributed by atoms with van der Waals surface area (Å²) in [4.78, 5) is 36.5. The molecule has 0 radical (unpaired) electrons. The Morgan fingerprint density at radius 1 is 1.18 bits per heavy atom. The number of aromatic hydroxyl groups is 1. The average Bonchev–Trinajstić information content (AvgIpc) is 3.71. The van der Waals surface area contributed by atoms with E-state index in [-0.39, 0.29) is 45.8 Å². The van der Waals surface area contributed by atoms with Gasteiger partial charge in [0.2, 0.25) is 0 Å². The highest BCUT2D eigenvalue weighted by molar-refractivity contribution is 6.04. The second-order valence-corrected chi connectivity index (χ2v) is 13.1. The Labute approximate surface area is 233 Å². The minimum Gasteiger partial charge on any atom is -0.504 e. The first-order valence-corrected chi connectivity index (χ1v) is 14.8. The average molecular weight is 545 g/mol. The van der Waals surface area contributed by atoms with Crippen LogP contribution in [0.15, 0.2) is 24.5 Å². The molecular formula is C31H36N4O5. The predicted molar refractivity (Wildman–Crippen MR) is 144 cm³/mol. The summed E-state index contributed by atoms with van der Waals surface area (Å²) in [5, 5.41) is 14.1. The lowest BCUT2D eigenvalue weighted by Crippen LogP contribution is -2.81. The number of carbonyl (C=O) groups excluding carboxylic acids is 2. The number of methoxy groups -OCH3 is 1. The summed E-state index contributed by atoms with van der Waals surface area (Å²) in [5.41, 5.74) is 1.85. The molecular weight excluding hydrogens is 508 g/mol. The van der Waals surface area contributed by atoms with Gasteiger partial charge in [-0.3, -0.25) is 14.5 Å². The number of fused-ring (bicyclic) bond motifs is 2. The van der Waals surface area contributed by atoms with Gasteiger partial charge in [-0.15, -0.1) is 0 Å². The summed E-state index contributed by atoms with van der Waals surface area (Å²) in [6, 6.07) is 4.32. The van der Waals surface area contributed by atoms with Crippen LogP contribution >= 0.6 is 0 Å². The second kappa shape index (κ2) is 8.26. The molecule has 4 bridgehead atoms. The zero-order valence-corrected chi connectivity index (χ0v) is 23.1. The standard InChI is InChI=1S/C31H36N4O5/c1-17(36)24-25(33-11-10-32-24)27(38)34-15-20-14-29-7-8-31(20,39-2)28-30(29)9-12-35(16-18-3-4-18)22(29)13-19-5-6-21(37)26(40-28)23(19)30/h5-6,10-11,18,20,22,28,37H,3-4,7-9,12-16H2,1-2H3,(H,34,38)/t20-,22-,28?,29-,30+,31?/m1/s1. The largest absolute Gasteiger partial charge is 0.504 e. The molecule has 1 aromatic heterocycles. The van der Waals surface area contributed by atoms with E-state index in [1.54, 1.807) is 13.2 Å². The number of hydrogen-bond donors (Lipinski definition) is 2. The molecule has 2 aliphatic heterocycles. The summed E-state index contributed by atoms with van der Waals surface area (Å²) >= 11 is 0. The molecule has 3 heterocycles. The van der Waals surface area contributed by atoms with Gasteiger partial charge in [0.25, 0.3) is 5.91 Å². The van der Waals surface area contributed by atoms with Gasteiger partial charge >= 0.3 is 0 Å². The number of carbonyl (C=O) groups is 2. The van der Waals surface area contributed by atoms with Gasteiger partial charge in [-0.1, -0.05) is 6.07 Å². The van der Waals surface area contributed by atoms with Gasteiger partial charge in [0.15, 0.2) is 23.0 Å². The lowest BCUT2D eigenvalue weighted by Gasteiger charge is -2.74. The lowest BCUT2D eigenvalue weighted by atomic mass is 9.35. The number of phenols is 1. The number of hydrogen-bond acceptors (Lipinski definition) is 8. The number of nitrogens with zero attached hydrogens (tertiary/aromatic N) is 3. The van der Waals surface area contributed by atoms with Crippen LogP contribution in [-0.4, -0.2) is 76.2 Å². The summed E-state index contributed by atoms with van der Waals surface area (Å²) in [7, 11) is 1.77. The number of aromatic nitrogens is 2. The first kappa shape index (κ1) is 24.7. The van der Waals surface area contributed by atoms with Crippen LogP contribution in [0.3, 0.4) is 0 Å². The molecule has 1 aromatic carbocycles. The molecule has 2 spiro atoms. The van der Waals surface area contributed by atoms with E-state index in [0.29, 0.717) is 18.3 Å². The molecule has 2 N–H and O–H groups in total. The Morgan fingerprint density at radius 2 is 1.98 bits per heavy atom. The topological polar surface area (TPSA) is 114 Å². The highest BCUT2D eigenvalue weighted by Gasteiger charge is 2.80. The zero-order valence-electron chi connectivity index (χ0n) is 23.1. The Morgan fingerprint density at radius 3 is 2.73 bits per heavy atom. The van der Waals surface area contributed by atoms with Gasteiger partial charge < -0.3 is 19.9 Å². The number of ketones is 1. The molecule has 5 aliphatic carbocycles. The van der Waals surface area contributed by atoms with Crippen LogP contribution in [0.4, 0.5) is 0 Å². The number of ether oxygens (including phenoxy) is 2. The number of benzene rings is 1. The minimum atomic E-state index is -0.607. The fraction of sp³-hybridized carbons (Fsp3) is 0.613. The number of piperidine rings is 1. The van der Waals surface area contributed by atoms with Crippen molar-refractivity contribution >= 4 is 11.7 Å². The molecule has 7 aliphatic rings. The number of nitrogens with one attached hydrogen (secondary N) is 1. The van der Waals surface area contributed by atoms with Gasteiger partial charge in [0.05, 0.1) is 0 Å². The first-order valence-electron chi connectivity index (χ1n) is 14.8. The molecule has 2 unspecified atom stereocenters. The van der Waals surface area contributed by atoms with Crippen molar-refractivity contribution in [1.29, 1.82) is 0 Å². The molecule has 9 nitrogen and oxygen atoms in total. The normalized spacial score (nSPS) is 36.6. The SMILES string of the molecule is COC12CC[C@@]3(C[C@@H]1CNC(=O)c1nccnc1C(C)=O)[C@H]1Cc4ccc(O)c5c4[C@@]3(CCN1CC1CC1)C2O5. The fourth-order valence-corrected chi connectivity index (χ4v) is 9.85. The fourth-order valence-electron chi connectivity index (χ4n) is 9.85. The van der Waals surface area contributed by atoms with Gasteiger partial charge in [0, 0.05) is 67.9 Å². The number of Topliss-reactive ketones (excluding diaryl/α,β-unsaturated/α-hetero) is 1. The molecule has 2 aromatic rings. The van der Waals surface area contributed by atoms with E-state index >= 15 is 0 Å². The van der Waals surface area contributed by atoms with Crippen LogP contribution in [0.1, 0.15) is 77.6 Å². The van der Waals surface area contributed by atoms with Crippen LogP contribution in [0.2, 0.25) is 0 Å². The Hall–Kier alpha value is -3.04. The number of phenolic OH excluding ortho intramolecular Hbond substituents is 1. The molecule has 1 amide bonds. The quantitative estimate of drug-likeness (QED) is 0.512. The highest BCUT2D eigenvalue weighted by Crippen LogP contribution is 2.76. The molecule has 9 heteroatoms. The maximum atomic E-state index is 13.3. The molecule has 9 rings (SSSR count).